The van der Waals surface area contributed by atoms with Gasteiger partial charge in [0.15, 0.2) is 0 Å². The minimum absolute atomic E-state index is 0.0308. The third-order valence-corrected chi connectivity index (χ3v) is 4.01. The van der Waals surface area contributed by atoms with Gasteiger partial charge in [0.1, 0.15) is 11.4 Å². The lowest BCUT2D eigenvalue weighted by Gasteiger charge is -2.28. The zero-order valence-corrected chi connectivity index (χ0v) is 14.8. The zero-order chi connectivity index (χ0) is 17.9. The summed E-state index contributed by atoms with van der Waals surface area (Å²) in [7, 11) is 0. The number of hydrogen-bond acceptors (Lipinski definition) is 4. The van der Waals surface area contributed by atoms with Crippen molar-refractivity contribution in [3.8, 4) is 0 Å². The minimum atomic E-state index is -0.600. The predicted octanol–water partition coefficient (Wildman–Crippen LogP) is 3.40. The molecule has 1 amide bonds. The molecule has 1 heterocycles. The normalized spacial score (nSPS) is 22.2. The van der Waals surface area contributed by atoms with Crippen molar-refractivity contribution in [3.05, 3.63) is 34.6 Å². The van der Waals surface area contributed by atoms with Gasteiger partial charge in [0, 0.05) is 19.0 Å². The average molecular weight is 360 g/mol. The molecule has 1 aliphatic heterocycles. The first-order valence-corrected chi connectivity index (χ1v) is 8.24. The van der Waals surface area contributed by atoms with Crippen molar-refractivity contribution >= 4 is 17.7 Å². The molecule has 7 heteroatoms. The summed E-state index contributed by atoms with van der Waals surface area (Å²) in [6.45, 7) is 6.06. The molecule has 5 nitrogen and oxygen atoms in total. The Morgan fingerprint density at radius 2 is 2.21 bits per heavy atom. The van der Waals surface area contributed by atoms with Gasteiger partial charge < -0.3 is 19.5 Å². The number of halogens is 2. The molecule has 0 aliphatic carbocycles. The molecule has 24 heavy (non-hydrogen) atoms. The Balaban J connectivity index is 2.16. The number of aliphatic hydroxyl groups excluding tert-OH is 1. The maximum atomic E-state index is 13.7. The van der Waals surface area contributed by atoms with Gasteiger partial charge in [-0.15, -0.1) is 0 Å². The fourth-order valence-electron chi connectivity index (χ4n) is 2.60. The molecule has 1 saturated heterocycles. The van der Waals surface area contributed by atoms with E-state index in [-0.39, 0.29) is 30.7 Å². The van der Waals surface area contributed by atoms with Crippen molar-refractivity contribution in [2.45, 2.75) is 32.5 Å². The number of rotatable bonds is 2. The van der Waals surface area contributed by atoms with Crippen LogP contribution in [0.25, 0.3) is 0 Å². The van der Waals surface area contributed by atoms with Crippen LogP contribution in [0.1, 0.15) is 32.4 Å². The lowest BCUT2D eigenvalue weighted by atomic mass is 9.96. The van der Waals surface area contributed by atoms with Gasteiger partial charge in [-0.2, -0.15) is 0 Å². The number of aliphatic hydroxyl groups is 1. The van der Waals surface area contributed by atoms with Crippen LogP contribution in [-0.2, 0) is 9.47 Å². The lowest BCUT2D eigenvalue weighted by molar-refractivity contribution is 0.0106. The minimum Gasteiger partial charge on any atom is -0.444 e. The smallest absolute Gasteiger partial charge is 0.410 e. The highest BCUT2D eigenvalue weighted by atomic mass is 35.5. The molecule has 0 bridgehead atoms. The van der Waals surface area contributed by atoms with E-state index >= 15 is 0 Å². The lowest BCUT2D eigenvalue weighted by Crippen LogP contribution is -2.40. The molecule has 0 aromatic heterocycles. The van der Waals surface area contributed by atoms with E-state index in [0.29, 0.717) is 12.1 Å². The van der Waals surface area contributed by atoms with Gasteiger partial charge in [-0.1, -0.05) is 17.7 Å². The molecule has 0 unspecified atom stereocenters. The third-order valence-electron chi connectivity index (χ3n) is 3.70. The summed E-state index contributed by atoms with van der Waals surface area (Å²) in [5.41, 5.74) is -0.0144. The molecule has 2 atom stereocenters. The highest BCUT2D eigenvalue weighted by Gasteiger charge is 2.33. The van der Waals surface area contributed by atoms with Gasteiger partial charge in [0.25, 0.3) is 0 Å². The molecule has 1 aliphatic rings. The molecule has 1 fully saturated rings. The van der Waals surface area contributed by atoms with Crippen molar-refractivity contribution < 1.29 is 23.8 Å². The maximum absolute atomic E-state index is 13.7. The maximum Gasteiger partial charge on any atom is 0.410 e. The van der Waals surface area contributed by atoms with Crippen LogP contribution in [0.2, 0.25) is 5.02 Å². The summed E-state index contributed by atoms with van der Waals surface area (Å²) in [4.78, 5) is 13.8. The SMILES string of the molecule is CC(C)(C)OC(=O)N1CCO[C@@H](c2ccc(Cl)c(F)c2)[C@H](CO)C1. The summed E-state index contributed by atoms with van der Waals surface area (Å²) in [5.74, 6) is -0.928. The Morgan fingerprint density at radius 1 is 1.50 bits per heavy atom. The summed E-state index contributed by atoms with van der Waals surface area (Å²) in [5, 5.41) is 9.76. The Bertz CT molecular complexity index is 590. The van der Waals surface area contributed by atoms with Crippen LogP contribution in [0.5, 0.6) is 0 Å². The first kappa shape index (κ1) is 19.0. The van der Waals surface area contributed by atoms with E-state index in [0.717, 1.165) is 0 Å². The number of carbonyl (C=O) groups is 1. The summed E-state index contributed by atoms with van der Waals surface area (Å²) < 4.78 is 24.9. The summed E-state index contributed by atoms with van der Waals surface area (Å²) in [6, 6.07) is 4.43. The number of nitrogens with zero attached hydrogens (tertiary/aromatic N) is 1. The topological polar surface area (TPSA) is 59.0 Å². The van der Waals surface area contributed by atoms with Crippen molar-refractivity contribution in [3.63, 3.8) is 0 Å². The van der Waals surface area contributed by atoms with Crippen LogP contribution in [0.15, 0.2) is 18.2 Å². The standard InChI is InChI=1S/C17H23ClFNO4/c1-17(2,3)24-16(22)20-6-7-23-15(12(9-20)10-21)11-4-5-13(18)14(19)8-11/h4-5,8,12,15,21H,6-7,9-10H2,1-3H3/t12-,15-/m0/s1. The van der Waals surface area contributed by atoms with Gasteiger partial charge in [-0.05, 0) is 38.5 Å². The highest BCUT2D eigenvalue weighted by Crippen LogP contribution is 2.31. The molecule has 1 aromatic carbocycles. The fraction of sp³-hybridized carbons (Fsp3) is 0.588. The van der Waals surface area contributed by atoms with Crippen molar-refractivity contribution in [2.75, 3.05) is 26.3 Å². The fourth-order valence-corrected chi connectivity index (χ4v) is 2.72. The first-order chi connectivity index (χ1) is 11.2. The van der Waals surface area contributed by atoms with Crippen molar-refractivity contribution in [2.24, 2.45) is 5.92 Å². The number of hydrogen-bond donors (Lipinski definition) is 1. The summed E-state index contributed by atoms with van der Waals surface area (Å²) >= 11 is 5.71. The quantitative estimate of drug-likeness (QED) is 0.879. The molecule has 0 saturated carbocycles. The second-order valence-electron chi connectivity index (χ2n) is 6.83. The Kier molecular flexibility index (Phi) is 6.06. The molecule has 1 N–H and O–H groups in total. The molecular weight excluding hydrogens is 337 g/mol. The van der Waals surface area contributed by atoms with Crippen LogP contribution in [-0.4, -0.2) is 48.0 Å². The van der Waals surface area contributed by atoms with Crippen molar-refractivity contribution in [1.82, 2.24) is 4.90 Å². The van der Waals surface area contributed by atoms with E-state index in [2.05, 4.69) is 0 Å². The van der Waals surface area contributed by atoms with Crippen LogP contribution in [0.3, 0.4) is 0 Å². The van der Waals surface area contributed by atoms with E-state index in [4.69, 9.17) is 21.1 Å². The molecule has 1 aromatic rings. The van der Waals surface area contributed by atoms with E-state index in [1.807, 2.05) is 0 Å². The largest absolute Gasteiger partial charge is 0.444 e. The van der Waals surface area contributed by atoms with Gasteiger partial charge in [0.05, 0.1) is 24.3 Å². The van der Waals surface area contributed by atoms with Crippen LogP contribution in [0, 0.1) is 11.7 Å². The van der Waals surface area contributed by atoms with Gasteiger partial charge in [-0.3, -0.25) is 0 Å². The summed E-state index contributed by atoms with van der Waals surface area (Å²) in [6.07, 6.45) is -0.971. The average Bonchev–Trinajstić information content (AvgIpc) is 2.70. The second kappa shape index (κ2) is 7.68. The van der Waals surface area contributed by atoms with Gasteiger partial charge in [-0.25, -0.2) is 9.18 Å². The van der Waals surface area contributed by atoms with Crippen molar-refractivity contribution in [1.29, 1.82) is 0 Å². The number of benzene rings is 1. The van der Waals surface area contributed by atoms with E-state index in [1.54, 1.807) is 26.8 Å². The Morgan fingerprint density at radius 3 is 2.79 bits per heavy atom. The number of amides is 1. The third kappa shape index (κ3) is 4.82. The molecule has 0 radical (unpaired) electrons. The number of carbonyl (C=O) groups excluding carboxylic acids is 1. The van der Waals surface area contributed by atoms with Gasteiger partial charge >= 0.3 is 6.09 Å². The van der Waals surface area contributed by atoms with E-state index in [1.165, 1.54) is 17.0 Å². The zero-order valence-electron chi connectivity index (χ0n) is 14.1. The molecule has 2 rings (SSSR count). The van der Waals surface area contributed by atoms with Crippen LogP contribution in [0.4, 0.5) is 9.18 Å². The predicted molar refractivity (Wildman–Crippen MR) is 88.5 cm³/mol. The first-order valence-electron chi connectivity index (χ1n) is 7.86. The highest BCUT2D eigenvalue weighted by molar-refractivity contribution is 6.30. The molecular formula is C17H23ClFNO4. The molecule has 134 valence electrons. The Labute approximate surface area is 146 Å². The van der Waals surface area contributed by atoms with Crippen LogP contribution < -0.4 is 0 Å². The monoisotopic (exact) mass is 359 g/mol. The molecule has 0 spiro atoms. The van der Waals surface area contributed by atoms with Gasteiger partial charge in [0.2, 0.25) is 0 Å². The second-order valence-corrected chi connectivity index (χ2v) is 7.24. The van der Waals surface area contributed by atoms with Crippen LogP contribution >= 0.6 is 11.6 Å². The Hall–Kier alpha value is -1.37. The van der Waals surface area contributed by atoms with E-state index < -0.39 is 23.6 Å². The number of ether oxygens (including phenoxy) is 2. The van der Waals surface area contributed by atoms with E-state index in [9.17, 15) is 14.3 Å².